The van der Waals surface area contributed by atoms with Crippen molar-refractivity contribution in [3.05, 3.63) is 103 Å². The van der Waals surface area contributed by atoms with E-state index in [-0.39, 0.29) is 6.03 Å². The summed E-state index contributed by atoms with van der Waals surface area (Å²) in [4.78, 5) is 17.6. The Balaban J connectivity index is 1.23. The maximum absolute atomic E-state index is 12.4. The van der Waals surface area contributed by atoms with Crippen molar-refractivity contribution in [1.29, 1.82) is 0 Å². The fraction of sp³-hybridized carbons (Fsp3) is 0.214. The number of rotatable bonds is 10. The zero-order valence-electron chi connectivity index (χ0n) is 19.7. The second kappa shape index (κ2) is 12.2. The molecule has 0 radical (unpaired) electrons. The molecule has 1 aromatic heterocycles. The lowest BCUT2D eigenvalue weighted by molar-refractivity contribution is 0.242. The number of aromatic nitrogens is 2. The van der Waals surface area contributed by atoms with Gasteiger partial charge in [0.05, 0.1) is 5.69 Å². The molecule has 4 rings (SSSR count). The Morgan fingerprint density at radius 2 is 1.71 bits per heavy atom. The van der Waals surface area contributed by atoms with Crippen LogP contribution in [0.4, 0.5) is 4.79 Å². The number of hydrogen-bond donors (Lipinski definition) is 1. The molecule has 0 bridgehead atoms. The van der Waals surface area contributed by atoms with Crippen molar-refractivity contribution in [2.24, 2.45) is 0 Å². The number of aryl methyl sites for hydroxylation is 1. The number of unbranched alkanes of at least 4 members (excludes halogenated alkanes) is 1. The summed E-state index contributed by atoms with van der Waals surface area (Å²) in [5.41, 5.74) is 3.95. The lowest BCUT2D eigenvalue weighted by Crippen LogP contribution is -2.28. The van der Waals surface area contributed by atoms with Gasteiger partial charge in [-0.2, -0.15) is 0 Å². The van der Waals surface area contributed by atoms with Gasteiger partial charge in [0.15, 0.2) is 4.90 Å². The average molecular weight is 488 g/mol. The van der Waals surface area contributed by atoms with E-state index in [2.05, 4.69) is 22.4 Å². The Kier molecular flexibility index (Phi) is 8.59. The zero-order chi connectivity index (χ0) is 24.5. The van der Waals surface area contributed by atoms with Gasteiger partial charge in [-0.25, -0.2) is 9.78 Å². The molecule has 0 fully saturated rings. The first-order chi connectivity index (χ1) is 17.1. The van der Waals surface area contributed by atoms with E-state index < -0.39 is 11.2 Å². The molecule has 0 aliphatic carbocycles. The van der Waals surface area contributed by atoms with Crippen LogP contribution in [0.5, 0.6) is 5.75 Å². The van der Waals surface area contributed by atoms with Crippen LogP contribution in [0.25, 0.3) is 11.3 Å². The minimum Gasteiger partial charge on any atom is -0.612 e. The highest BCUT2D eigenvalue weighted by Crippen LogP contribution is 2.22. The van der Waals surface area contributed by atoms with Crippen molar-refractivity contribution in [3.8, 4) is 17.0 Å². The molecule has 0 saturated heterocycles. The van der Waals surface area contributed by atoms with Gasteiger partial charge in [0.25, 0.3) is 0 Å². The van der Waals surface area contributed by atoms with E-state index in [0.29, 0.717) is 13.2 Å². The van der Waals surface area contributed by atoms with Crippen molar-refractivity contribution in [2.75, 3.05) is 12.8 Å². The molecule has 0 spiro atoms. The maximum Gasteiger partial charge on any atom is 0.326 e. The lowest BCUT2D eigenvalue weighted by Gasteiger charge is -2.08. The molecule has 0 saturated carbocycles. The van der Waals surface area contributed by atoms with E-state index >= 15 is 0 Å². The van der Waals surface area contributed by atoms with Crippen LogP contribution in [0, 0.1) is 0 Å². The largest absolute Gasteiger partial charge is 0.612 e. The maximum atomic E-state index is 12.4. The highest BCUT2D eigenvalue weighted by Gasteiger charge is 2.08. The molecular weight excluding hydrogens is 458 g/mol. The molecule has 0 aliphatic heterocycles. The van der Waals surface area contributed by atoms with Crippen LogP contribution in [0.3, 0.4) is 0 Å². The van der Waals surface area contributed by atoms with Crippen molar-refractivity contribution in [2.45, 2.75) is 30.8 Å². The van der Waals surface area contributed by atoms with Crippen molar-refractivity contribution in [1.82, 2.24) is 14.9 Å². The van der Waals surface area contributed by atoms with Gasteiger partial charge in [0, 0.05) is 18.3 Å². The van der Waals surface area contributed by atoms with Crippen molar-refractivity contribution in [3.63, 3.8) is 0 Å². The molecule has 6 nitrogen and oxygen atoms in total. The van der Waals surface area contributed by atoms with E-state index in [9.17, 15) is 9.35 Å². The molecule has 180 valence electrons. The van der Waals surface area contributed by atoms with E-state index in [4.69, 9.17) is 4.74 Å². The summed E-state index contributed by atoms with van der Waals surface area (Å²) in [6, 6.07) is 25.4. The van der Waals surface area contributed by atoms with Crippen molar-refractivity contribution >= 4 is 17.2 Å². The number of imidazole rings is 1. The predicted molar refractivity (Wildman–Crippen MR) is 139 cm³/mol. The van der Waals surface area contributed by atoms with Gasteiger partial charge in [-0.1, -0.05) is 42.5 Å². The number of carbonyl (C=O) groups is 1. The van der Waals surface area contributed by atoms with Crippen LogP contribution < -0.4 is 10.1 Å². The topological polar surface area (TPSA) is 79.2 Å². The zero-order valence-corrected chi connectivity index (χ0v) is 20.5. The van der Waals surface area contributed by atoms with E-state index in [1.165, 1.54) is 16.5 Å². The SMILES string of the molecule is C[S+]([O-])c1ccc(COc2ccc(-c3cn(C(=O)NCCCCc4ccccc4)cn3)cc2)cc1. The number of carbonyl (C=O) groups excluding carboxylic acids is 1. The summed E-state index contributed by atoms with van der Waals surface area (Å²) >= 11 is -0.983. The fourth-order valence-corrected chi connectivity index (χ4v) is 4.15. The monoisotopic (exact) mass is 487 g/mol. The van der Waals surface area contributed by atoms with Gasteiger partial charge in [0.2, 0.25) is 0 Å². The van der Waals surface area contributed by atoms with Crippen LogP contribution in [-0.2, 0) is 24.2 Å². The molecule has 7 heteroatoms. The third kappa shape index (κ3) is 7.21. The molecule has 1 heterocycles. The van der Waals surface area contributed by atoms with Crippen LogP contribution in [0.15, 0.2) is 96.3 Å². The summed E-state index contributed by atoms with van der Waals surface area (Å²) in [6.45, 7) is 1.06. The minimum atomic E-state index is -0.983. The average Bonchev–Trinajstić information content (AvgIpc) is 3.39. The quantitative estimate of drug-likeness (QED) is 0.238. The van der Waals surface area contributed by atoms with Crippen LogP contribution in [0.2, 0.25) is 0 Å². The lowest BCUT2D eigenvalue weighted by atomic mass is 10.1. The van der Waals surface area contributed by atoms with Gasteiger partial charge in [0.1, 0.15) is 24.9 Å². The Bertz CT molecular complexity index is 1210. The van der Waals surface area contributed by atoms with Crippen LogP contribution in [-0.4, -0.2) is 32.9 Å². The number of amides is 1. The number of nitrogens with zero attached hydrogens (tertiary/aromatic N) is 2. The summed E-state index contributed by atoms with van der Waals surface area (Å²) < 4.78 is 18.8. The molecule has 4 aromatic rings. The number of hydrogen-bond acceptors (Lipinski definition) is 4. The van der Waals surface area contributed by atoms with Gasteiger partial charge in [-0.15, -0.1) is 0 Å². The smallest absolute Gasteiger partial charge is 0.326 e. The summed E-state index contributed by atoms with van der Waals surface area (Å²) in [7, 11) is 0. The summed E-state index contributed by atoms with van der Waals surface area (Å²) in [6.07, 6.45) is 7.89. The Morgan fingerprint density at radius 1 is 0.971 bits per heavy atom. The molecular formula is C28H29N3O3S. The number of nitrogens with one attached hydrogen (secondary N) is 1. The Labute approximate surface area is 209 Å². The summed E-state index contributed by atoms with van der Waals surface area (Å²) in [5.74, 6) is 0.740. The first kappa shape index (κ1) is 24.6. The van der Waals surface area contributed by atoms with Crippen molar-refractivity contribution < 1.29 is 14.1 Å². The van der Waals surface area contributed by atoms with Gasteiger partial charge in [-0.05, 0) is 78.0 Å². The van der Waals surface area contributed by atoms with Gasteiger partial charge < -0.3 is 14.6 Å². The fourth-order valence-electron chi connectivity index (χ4n) is 3.63. The second-order valence-corrected chi connectivity index (χ2v) is 9.63. The van der Waals surface area contributed by atoms with E-state index in [1.807, 2.05) is 66.7 Å². The molecule has 1 atom stereocenters. The highest BCUT2D eigenvalue weighted by atomic mass is 32.2. The third-order valence-corrected chi connectivity index (χ3v) is 6.58. The Hall–Kier alpha value is -3.55. The van der Waals surface area contributed by atoms with E-state index in [0.717, 1.165) is 46.7 Å². The highest BCUT2D eigenvalue weighted by molar-refractivity contribution is 7.90. The molecule has 1 N–H and O–H groups in total. The van der Waals surface area contributed by atoms with Gasteiger partial charge in [-0.3, -0.25) is 4.57 Å². The standard InChI is InChI=1S/C28H29N3O3S/c1-35(33)26-16-10-23(11-17-26)20-34-25-14-12-24(13-15-25)27-19-31(21-30-27)28(32)29-18-6-5-9-22-7-3-2-4-8-22/h2-4,7-8,10-17,19,21H,5-6,9,18,20H2,1H3,(H,29,32). The molecule has 1 amide bonds. The second-order valence-electron chi connectivity index (χ2n) is 8.25. The predicted octanol–water partition coefficient (Wildman–Crippen LogP) is 5.45. The molecule has 3 aromatic carbocycles. The molecule has 0 aliphatic rings. The summed E-state index contributed by atoms with van der Waals surface area (Å²) in [5, 5.41) is 2.95. The normalized spacial score (nSPS) is 11.7. The number of benzene rings is 3. The molecule has 35 heavy (non-hydrogen) atoms. The third-order valence-electron chi connectivity index (χ3n) is 5.64. The van der Waals surface area contributed by atoms with E-state index in [1.54, 1.807) is 12.5 Å². The number of ether oxygens (including phenoxy) is 1. The molecule has 1 unspecified atom stereocenters. The minimum absolute atomic E-state index is 0.179. The Morgan fingerprint density at radius 3 is 2.43 bits per heavy atom. The first-order valence-corrected chi connectivity index (χ1v) is 13.2. The van der Waals surface area contributed by atoms with Crippen LogP contribution >= 0.6 is 0 Å². The first-order valence-electron chi connectivity index (χ1n) is 11.6. The van der Waals surface area contributed by atoms with Crippen LogP contribution in [0.1, 0.15) is 24.0 Å². The van der Waals surface area contributed by atoms with Gasteiger partial charge >= 0.3 is 6.03 Å².